The van der Waals surface area contributed by atoms with Gasteiger partial charge in [-0.3, -0.25) is 4.79 Å². The Labute approximate surface area is 111 Å². The maximum atomic E-state index is 13.5. The molecule has 1 aliphatic rings. The average Bonchev–Trinajstić information content (AvgIpc) is 2.84. The average molecular weight is 269 g/mol. The van der Waals surface area contributed by atoms with Crippen LogP contribution in [0.3, 0.4) is 0 Å². The van der Waals surface area contributed by atoms with Gasteiger partial charge in [0.2, 0.25) is 0 Å². The Bertz CT molecular complexity index is 465. The smallest absolute Gasteiger partial charge is 0.162 e. The largest absolute Gasteiger partial charge is 0.379 e. The van der Waals surface area contributed by atoms with E-state index in [9.17, 15) is 13.6 Å². The van der Waals surface area contributed by atoms with Gasteiger partial charge in [0.15, 0.2) is 11.6 Å². The minimum absolute atomic E-state index is 0.0332. The fourth-order valence-corrected chi connectivity index (χ4v) is 2.34. The summed E-state index contributed by atoms with van der Waals surface area (Å²) in [4.78, 5) is 12.2. The zero-order valence-electron chi connectivity index (χ0n) is 10.8. The van der Waals surface area contributed by atoms with Gasteiger partial charge in [-0.05, 0) is 18.2 Å². The van der Waals surface area contributed by atoms with E-state index in [1.54, 1.807) is 0 Å². The van der Waals surface area contributed by atoms with Crippen LogP contribution in [0.4, 0.5) is 8.78 Å². The summed E-state index contributed by atoms with van der Waals surface area (Å²) in [5, 5.41) is 3.17. The molecule has 19 heavy (non-hydrogen) atoms. The monoisotopic (exact) mass is 269 g/mol. The molecule has 0 bridgehead atoms. The van der Waals surface area contributed by atoms with E-state index in [1.807, 2.05) is 6.92 Å². The van der Waals surface area contributed by atoms with Crippen LogP contribution in [-0.4, -0.2) is 31.6 Å². The van der Waals surface area contributed by atoms with Gasteiger partial charge < -0.3 is 10.1 Å². The first-order chi connectivity index (χ1) is 9.13. The van der Waals surface area contributed by atoms with Crippen molar-refractivity contribution in [3.05, 3.63) is 35.4 Å². The molecule has 0 spiro atoms. The Kier molecular flexibility index (Phi) is 4.61. The van der Waals surface area contributed by atoms with Crippen LogP contribution >= 0.6 is 0 Å². The molecule has 1 saturated heterocycles. The summed E-state index contributed by atoms with van der Waals surface area (Å²) in [6, 6.07) is 3.86. The molecule has 2 unspecified atom stereocenters. The number of hydrogen-bond donors (Lipinski definition) is 1. The zero-order valence-corrected chi connectivity index (χ0v) is 10.8. The van der Waals surface area contributed by atoms with Crippen molar-refractivity contribution < 1.29 is 18.3 Å². The van der Waals surface area contributed by atoms with E-state index < -0.39 is 11.6 Å². The molecule has 1 aromatic rings. The molecule has 0 amide bonds. The Hall–Kier alpha value is -1.33. The Morgan fingerprint density at radius 1 is 1.42 bits per heavy atom. The van der Waals surface area contributed by atoms with Crippen LogP contribution in [0, 0.1) is 17.6 Å². The number of nitrogens with one attached hydrogen (secondary N) is 1. The molecule has 1 aliphatic heterocycles. The van der Waals surface area contributed by atoms with Gasteiger partial charge in [0.25, 0.3) is 0 Å². The highest BCUT2D eigenvalue weighted by Crippen LogP contribution is 2.19. The van der Waals surface area contributed by atoms with Crippen LogP contribution in [0.2, 0.25) is 0 Å². The van der Waals surface area contributed by atoms with Crippen molar-refractivity contribution in [2.45, 2.75) is 19.4 Å². The highest BCUT2D eigenvalue weighted by Gasteiger charge is 2.33. The molecule has 2 rings (SSSR count). The molecule has 104 valence electrons. The number of likely N-dealkylation sites (N-methyl/N-ethyl adjacent to an activating group) is 1. The molecule has 1 fully saturated rings. The second-order valence-electron chi connectivity index (χ2n) is 4.66. The Morgan fingerprint density at radius 3 is 2.95 bits per heavy atom. The minimum Gasteiger partial charge on any atom is -0.379 e. The van der Waals surface area contributed by atoms with Crippen LogP contribution in [0.5, 0.6) is 0 Å². The van der Waals surface area contributed by atoms with Gasteiger partial charge in [0.1, 0.15) is 5.78 Å². The van der Waals surface area contributed by atoms with Crippen LogP contribution in [-0.2, 0) is 16.0 Å². The van der Waals surface area contributed by atoms with Crippen molar-refractivity contribution in [2.24, 2.45) is 5.92 Å². The molecule has 1 N–H and O–H groups in total. The van der Waals surface area contributed by atoms with Crippen molar-refractivity contribution in [1.29, 1.82) is 0 Å². The number of ketones is 1. The first-order valence-electron chi connectivity index (χ1n) is 6.40. The SMILES string of the molecule is CCNC1COCC1C(=O)Cc1cccc(F)c1F. The van der Waals surface area contributed by atoms with Gasteiger partial charge in [-0.2, -0.15) is 0 Å². The fourth-order valence-electron chi connectivity index (χ4n) is 2.34. The number of carbonyl (C=O) groups is 1. The van der Waals surface area contributed by atoms with Gasteiger partial charge in [0.05, 0.1) is 19.1 Å². The second kappa shape index (κ2) is 6.21. The van der Waals surface area contributed by atoms with E-state index in [-0.39, 0.29) is 29.7 Å². The fraction of sp³-hybridized carbons (Fsp3) is 0.500. The van der Waals surface area contributed by atoms with Crippen LogP contribution in [0.25, 0.3) is 0 Å². The number of carbonyl (C=O) groups excluding carboxylic acids is 1. The highest BCUT2D eigenvalue weighted by atomic mass is 19.2. The molecule has 5 heteroatoms. The van der Waals surface area contributed by atoms with Gasteiger partial charge >= 0.3 is 0 Å². The van der Waals surface area contributed by atoms with Crippen LogP contribution in [0.1, 0.15) is 12.5 Å². The van der Waals surface area contributed by atoms with Gasteiger partial charge in [0, 0.05) is 12.5 Å². The van der Waals surface area contributed by atoms with E-state index >= 15 is 0 Å². The molecule has 3 nitrogen and oxygen atoms in total. The highest BCUT2D eigenvalue weighted by molar-refractivity contribution is 5.84. The Balaban J connectivity index is 2.06. The van der Waals surface area contributed by atoms with E-state index in [0.717, 1.165) is 12.6 Å². The molecule has 0 aliphatic carbocycles. The minimum atomic E-state index is -0.935. The van der Waals surface area contributed by atoms with Crippen molar-refractivity contribution in [1.82, 2.24) is 5.32 Å². The lowest BCUT2D eigenvalue weighted by atomic mass is 9.93. The summed E-state index contributed by atoms with van der Waals surface area (Å²) in [6.45, 7) is 3.52. The molecule has 1 heterocycles. The van der Waals surface area contributed by atoms with Crippen molar-refractivity contribution in [2.75, 3.05) is 19.8 Å². The standard InChI is InChI=1S/C14H17F2NO2/c1-2-17-12-8-19-7-10(12)13(18)6-9-4-3-5-11(15)14(9)16/h3-5,10,12,17H,2,6-8H2,1H3. The summed E-state index contributed by atoms with van der Waals surface area (Å²) in [5.74, 6) is -2.26. The molecule has 2 atom stereocenters. The predicted octanol–water partition coefficient (Wildman–Crippen LogP) is 1.70. The van der Waals surface area contributed by atoms with Crippen LogP contribution < -0.4 is 5.32 Å². The summed E-state index contributed by atoms with van der Waals surface area (Å²) in [5.41, 5.74) is 0.104. The predicted molar refractivity (Wildman–Crippen MR) is 66.8 cm³/mol. The molecule has 1 aromatic carbocycles. The normalized spacial score (nSPS) is 22.7. The third-order valence-corrected chi connectivity index (χ3v) is 3.36. The van der Waals surface area contributed by atoms with Gasteiger partial charge in [-0.1, -0.05) is 19.1 Å². The first kappa shape index (κ1) is 14.1. The topological polar surface area (TPSA) is 38.3 Å². The molecule has 0 radical (unpaired) electrons. The number of ether oxygens (including phenoxy) is 1. The zero-order chi connectivity index (χ0) is 13.8. The van der Waals surface area contributed by atoms with E-state index in [1.165, 1.54) is 12.1 Å². The quantitative estimate of drug-likeness (QED) is 0.884. The molecular weight excluding hydrogens is 252 g/mol. The van der Waals surface area contributed by atoms with E-state index in [2.05, 4.69) is 5.32 Å². The number of halogens is 2. The number of hydrogen-bond acceptors (Lipinski definition) is 3. The molecule has 0 aromatic heterocycles. The first-order valence-corrected chi connectivity index (χ1v) is 6.40. The van der Waals surface area contributed by atoms with Crippen LogP contribution in [0.15, 0.2) is 18.2 Å². The number of Topliss-reactive ketones (excluding diaryl/α,β-unsaturated/α-hetero) is 1. The van der Waals surface area contributed by atoms with E-state index in [0.29, 0.717) is 13.2 Å². The van der Waals surface area contributed by atoms with Crippen molar-refractivity contribution in [3.63, 3.8) is 0 Å². The van der Waals surface area contributed by atoms with E-state index in [4.69, 9.17) is 4.74 Å². The summed E-state index contributed by atoms with van der Waals surface area (Å²) < 4.78 is 31.9. The van der Waals surface area contributed by atoms with Gasteiger partial charge in [-0.15, -0.1) is 0 Å². The lowest BCUT2D eigenvalue weighted by Gasteiger charge is -2.17. The summed E-state index contributed by atoms with van der Waals surface area (Å²) in [7, 11) is 0. The summed E-state index contributed by atoms with van der Waals surface area (Å²) >= 11 is 0. The lowest BCUT2D eigenvalue weighted by Crippen LogP contribution is -2.39. The number of benzene rings is 1. The third kappa shape index (κ3) is 3.16. The third-order valence-electron chi connectivity index (χ3n) is 3.36. The molecule has 0 saturated carbocycles. The summed E-state index contributed by atoms with van der Waals surface area (Å²) in [6.07, 6.45) is -0.0977. The maximum absolute atomic E-state index is 13.5. The second-order valence-corrected chi connectivity index (χ2v) is 4.66. The van der Waals surface area contributed by atoms with Crippen molar-refractivity contribution in [3.8, 4) is 0 Å². The van der Waals surface area contributed by atoms with Gasteiger partial charge in [-0.25, -0.2) is 8.78 Å². The Morgan fingerprint density at radius 2 is 2.21 bits per heavy atom. The van der Waals surface area contributed by atoms with Crippen molar-refractivity contribution >= 4 is 5.78 Å². The lowest BCUT2D eigenvalue weighted by molar-refractivity contribution is -0.122. The number of rotatable bonds is 5. The maximum Gasteiger partial charge on any atom is 0.162 e. The molecular formula is C14H17F2NO2.